The summed E-state index contributed by atoms with van der Waals surface area (Å²) in [6.07, 6.45) is 0.788. The summed E-state index contributed by atoms with van der Waals surface area (Å²) in [5.74, 6) is 0.369. The molecular weight excluding hydrogens is 452 g/mol. The number of rotatable bonds is 10. The van der Waals surface area contributed by atoms with Crippen LogP contribution in [0, 0.1) is 13.8 Å². The van der Waals surface area contributed by atoms with Gasteiger partial charge in [0, 0.05) is 18.1 Å². The summed E-state index contributed by atoms with van der Waals surface area (Å²) in [4.78, 5) is 13.9. The van der Waals surface area contributed by atoms with Crippen LogP contribution in [0.2, 0.25) is 5.02 Å². The molecule has 3 rings (SSSR count). The fourth-order valence-corrected chi connectivity index (χ4v) is 3.84. The molecule has 0 aliphatic heterocycles. The molecule has 182 valence electrons. The van der Waals surface area contributed by atoms with E-state index >= 15 is 0 Å². The fourth-order valence-electron chi connectivity index (χ4n) is 3.65. The van der Waals surface area contributed by atoms with Gasteiger partial charge in [-0.25, -0.2) is 4.79 Å². The Morgan fingerprint density at radius 2 is 1.88 bits per heavy atom. The molecule has 1 heterocycles. The topological polar surface area (TPSA) is 78.3 Å². The number of carbonyl (C=O) groups excluding carboxylic acids is 1. The quantitative estimate of drug-likeness (QED) is 0.403. The number of nitrogens with one attached hydrogen (secondary N) is 1. The number of carbonyl (C=O) groups is 1. The van der Waals surface area contributed by atoms with Crippen LogP contribution in [0.3, 0.4) is 0 Å². The van der Waals surface area contributed by atoms with Crippen LogP contribution in [0.15, 0.2) is 36.4 Å². The molecule has 0 fully saturated rings. The van der Waals surface area contributed by atoms with Gasteiger partial charge in [-0.05, 0) is 75.9 Å². The first-order valence-corrected chi connectivity index (χ1v) is 11.9. The van der Waals surface area contributed by atoms with E-state index in [-0.39, 0.29) is 5.97 Å². The van der Waals surface area contributed by atoms with Gasteiger partial charge in [-0.3, -0.25) is 0 Å². The van der Waals surface area contributed by atoms with Crippen LogP contribution in [-0.4, -0.2) is 33.2 Å². The lowest BCUT2D eigenvalue weighted by Gasteiger charge is -2.27. The number of hydrogen-bond donors (Lipinski definition) is 1. The summed E-state index contributed by atoms with van der Waals surface area (Å²) in [5, 5.41) is 13.2. The molecule has 3 aromatic rings. The third kappa shape index (κ3) is 6.15. The van der Waals surface area contributed by atoms with Crippen molar-refractivity contribution in [2.75, 3.05) is 6.61 Å². The standard InChI is InChI=1S/C26H33ClN4O3/c1-7-20-13-19(12-17(3)24(20)34-26(5,6)25(32)33-8-2)15-28-16-23-18(4)29-31(30-23)22-11-9-10-21(27)14-22/h9-14,28H,7-8,15-16H2,1-6H3. The van der Waals surface area contributed by atoms with Crippen LogP contribution in [0.25, 0.3) is 5.69 Å². The van der Waals surface area contributed by atoms with Crippen molar-refractivity contribution in [1.29, 1.82) is 0 Å². The molecule has 7 nitrogen and oxygen atoms in total. The van der Waals surface area contributed by atoms with Crippen molar-refractivity contribution in [2.45, 2.75) is 66.7 Å². The Kier molecular flexibility index (Phi) is 8.33. The van der Waals surface area contributed by atoms with Crippen molar-refractivity contribution < 1.29 is 14.3 Å². The second kappa shape index (κ2) is 11.0. The molecule has 0 atom stereocenters. The van der Waals surface area contributed by atoms with Crippen molar-refractivity contribution in [3.63, 3.8) is 0 Å². The second-order valence-corrected chi connectivity index (χ2v) is 9.13. The van der Waals surface area contributed by atoms with Crippen molar-refractivity contribution in [3.8, 4) is 11.4 Å². The molecule has 1 N–H and O–H groups in total. The summed E-state index contributed by atoms with van der Waals surface area (Å²) in [7, 11) is 0. The lowest BCUT2D eigenvalue weighted by Crippen LogP contribution is -2.40. The molecular formula is C26H33ClN4O3. The molecule has 0 amide bonds. The van der Waals surface area contributed by atoms with Crippen LogP contribution in [0.4, 0.5) is 0 Å². The van der Waals surface area contributed by atoms with Gasteiger partial charge >= 0.3 is 5.97 Å². The summed E-state index contributed by atoms with van der Waals surface area (Å²) >= 11 is 6.09. The molecule has 0 saturated carbocycles. The molecule has 1 aromatic heterocycles. The number of hydrogen-bond acceptors (Lipinski definition) is 6. The van der Waals surface area contributed by atoms with E-state index in [0.717, 1.165) is 45.9 Å². The number of esters is 1. The van der Waals surface area contributed by atoms with Crippen molar-refractivity contribution in [3.05, 3.63) is 69.5 Å². The summed E-state index contributed by atoms with van der Waals surface area (Å²) in [6, 6.07) is 11.7. The maximum atomic E-state index is 12.3. The summed E-state index contributed by atoms with van der Waals surface area (Å²) in [5.41, 5.74) is 4.68. The molecule has 0 aliphatic carbocycles. The average molecular weight is 485 g/mol. The van der Waals surface area contributed by atoms with Crippen molar-refractivity contribution >= 4 is 17.6 Å². The minimum atomic E-state index is -1.06. The van der Waals surface area contributed by atoms with Gasteiger partial charge in [0.05, 0.1) is 23.7 Å². The van der Waals surface area contributed by atoms with Crippen LogP contribution in [0.5, 0.6) is 5.75 Å². The maximum absolute atomic E-state index is 12.3. The van der Waals surface area contributed by atoms with Crippen molar-refractivity contribution in [1.82, 2.24) is 20.3 Å². The number of nitrogens with zero attached hydrogens (tertiary/aromatic N) is 3. The zero-order valence-corrected chi connectivity index (χ0v) is 21.5. The van der Waals surface area contributed by atoms with E-state index in [1.165, 1.54) is 0 Å². The first-order chi connectivity index (χ1) is 16.1. The highest BCUT2D eigenvalue weighted by Crippen LogP contribution is 2.30. The molecule has 0 radical (unpaired) electrons. The number of halogens is 1. The number of ether oxygens (including phenoxy) is 2. The molecule has 0 saturated heterocycles. The summed E-state index contributed by atoms with van der Waals surface area (Å²) < 4.78 is 11.3. The van der Waals surface area contributed by atoms with Gasteiger partial charge in [0.15, 0.2) is 5.60 Å². The Balaban J connectivity index is 1.69. The van der Waals surface area contributed by atoms with E-state index in [4.69, 9.17) is 21.1 Å². The smallest absolute Gasteiger partial charge is 0.349 e. The lowest BCUT2D eigenvalue weighted by atomic mass is 10.0. The SMILES string of the molecule is CCOC(=O)C(C)(C)Oc1c(C)cc(CNCc2nn(-c3cccc(Cl)c3)nc2C)cc1CC. The average Bonchev–Trinajstić information content (AvgIpc) is 3.16. The molecule has 2 aromatic carbocycles. The minimum Gasteiger partial charge on any atom is -0.476 e. The second-order valence-electron chi connectivity index (χ2n) is 8.69. The van der Waals surface area contributed by atoms with Gasteiger partial charge in [0.2, 0.25) is 0 Å². The van der Waals surface area contributed by atoms with Gasteiger partial charge in [0.1, 0.15) is 5.75 Å². The summed E-state index contributed by atoms with van der Waals surface area (Å²) in [6.45, 7) is 12.9. The maximum Gasteiger partial charge on any atom is 0.349 e. The third-order valence-electron chi connectivity index (χ3n) is 5.45. The predicted molar refractivity (Wildman–Crippen MR) is 134 cm³/mol. The van der Waals surface area contributed by atoms with E-state index < -0.39 is 5.60 Å². The molecule has 34 heavy (non-hydrogen) atoms. The van der Waals surface area contributed by atoms with E-state index in [1.807, 2.05) is 38.1 Å². The molecule has 0 aliphatic rings. The van der Waals surface area contributed by atoms with E-state index in [9.17, 15) is 4.79 Å². The number of benzene rings is 2. The van der Waals surface area contributed by atoms with Gasteiger partial charge in [-0.15, -0.1) is 0 Å². The highest BCUT2D eigenvalue weighted by Gasteiger charge is 2.32. The first kappa shape index (κ1) is 25.7. The Bertz CT molecular complexity index is 1160. The Morgan fingerprint density at radius 1 is 1.12 bits per heavy atom. The van der Waals surface area contributed by atoms with Crippen molar-refractivity contribution in [2.24, 2.45) is 0 Å². The normalized spacial score (nSPS) is 11.5. The van der Waals surface area contributed by atoms with Crippen LogP contribution in [-0.2, 0) is 29.0 Å². The minimum absolute atomic E-state index is 0.322. The molecule has 0 spiro atoms. The van der Waals surface area contributed by atoms with Gasteiger partial charge < -0.3 is 14.8 Å². The zero-order valence-electron chi connectivity index (χ0n) is 20.7. The Hall–Kier alpha value is -2.90. The number of aromatic nitrogens is 3. The van der Waals surface area contributed by atoms with E-state index in [2.05, 4.69) is 34.6 Å². The zero-order chi connectivity index (χ0) is 24.9. The monoisotopic (exact) mass is 484 g/mol. The molecule has 0 bridgehead atoms. The van der Waals surface area contributed by atoms with Crippen LogP contribution >= 0.6 is 11.6 Å². The highest BCUT2D eigenvalue weighted by atomic mass is 35.5. The van der Waals surface area contributed by atoms with Gasteiger partial charge in [0.25, 0.3) is 0 Å². The van der Waals surface area contributed by atoms with Crippen LogP contribution in [0.1, 0.15) is 55.8 Å². The number of aryl methyl sites for hydroxylation is 3. The largest absolute Gasteiger partial charge is 0.476 e. The molecule has 8 heteroatoms. The van der Waals surface area contributed by atoms with Crippen LogP contribution < -0.4 is 10.1 Å². The molecule has 0 unspecified atom stereocenters. The first-order valence-electron chi connectivity index (χ1n) is 11.5. The van der Waals surface area contributed by atoms with Gasteiger partial charge in [-0.1, -0.05) is 36.7 Å². The Labute approximate surface area is 206 Å². The predicted octanol–water partition coefficient (Wildman–Crippen LogP) is 5.11. The van der Waals surface area contributed by atoms with E-state index in [0.29, 0.717) is 24.7 Å². The van der Waals surface area contributed by atoms with E-state index in [1.54, 1.807) is 25.6 Å². The fraction of sp³-hybridized carbons (Fsp3) is 0.423. The third-order valence-corrected chi connectivity index (χ3v) is 5.69. The lowest BCUT2D eigenvalue weighted by molar-refractivity contribution is -0.158. The van der Waals surface area contributed by atoms with Gasteiger partial charge in [-0.2, -0.15) is 15.0 Å². The highest BCUT2D eigenvalue weighted by molar-refractivity contribution is 6.30. The Morgan fingerprint density at radius 3 is 2.56 bits per heavy atom.